The van der Waals surface area contributed by atoms with Gasteiger partial charge in [-0.25, -0.2) is 18.0 Å². The highest BCUT2D eigenvalue weighted by Crippen LogP contribution is 2.43. The van der Waals surface area contributed by atoms with Crippen molar-refractivity contribution in [1.29, 1.82) is 0 Å². The lowest BCUT2D eigenvalue weighted by Gasteiger charge is -2.41. The third-order valence-corrected chi connectivity index (χ3v) is 15.2. The van der Waals surface area contributed by atoms with Crippen LogP contribution in [0.15, 0.2) is 30.5 Å². The van der Waals surface area contributed by atoms with Crippen LogP contribution in [0.4, 0.5) is 23.8 Å². The Morgan fingerprint density at radius 1 is 1.11 bits per heavy atom. The average molecular weight is 894 g/mol. The van der Waals surface area contributed by atoms with Gasteiger partial charge in [-0.2, -0.15) is 9.97 Å². The number of fused-ring (bicyclic) bond motifs is 5. The van der Waals surface area contributed by atoms with Crippen LogP contribution in [-0.4, -0.2) is 129 Å². The summed E-state index contributed by atoms with van der Waals surface area (Å²) in [6.07, 6.45) is 9.20. The van der Waals surface area contributed by atoms with Crippen LogP contribution in [0.3, 0.4) is 0 Å². The summed E-state index contributed by atoms with van der Waals surface area (Å²) >= 11 is 0. The predicted octanol–water partition coefficient (Wildman–Crippen LogP) is 6.85. The van der Waals surface area contributed by atoms with E-state index < -0.39 is 41.4 Å². The maximum Gasteiger partial charge on any atom is 0.410 e. The Hall–Kier alpha value is -4.70. The van der Waals surface area contributed by atoms with Gasteiger partial charge in [-0.15, -0.1) is 6.42 Å². The van der Waals surface area contributed by atoms with Crippen LogP contribution in [0.2, 0.25) is 0 Å². The normalized spacial score (nSPS) is 23.2. The van der Waals surface area contributed by atoms with E-state index in [1.807, 2.05) is 25.7 Å². The standard InChI is InChI=1S/C44H50F3N7O6S2/c1-5-31-34(46)10-7-26-15-30(55)16-32(35(26)31)38-36(47)39-33(18-49-38)40(51-42(50-39)60-23-44-11-6-12-53(44)19-27(45)17-44)52-20-28-8-9-29(21-52)54(28)43(57)59-22-25(4)62-61-14-13-58-41(56)37(48)24(2)3/h1,7,10,15-16,18,24-25,27-29,37,55H,6,8-9,11-14,17,19-23,48H2,2-4H3/t25?,27-,28?,29?,37+,44+/m1/s1. The van der Waals surface area contributed by atoms with Crippen molar-refractivity contribution in [2.45, 2.75) is 88.0 Å². The molecule has 4 fully saturated rings. The van der Waals surface area contributed by atoms with Crippen molar-refractivity contribution in [2.75, 3.05) is 56.7 Å². The molecule has 0 radical (unpaired) electrons. The Morgan fingerprint density at radius 2 is 1.89 bits per heavy atom. The Morgan fingerprint density at radius 3 is 2.63 bits per heavy atom. The van der Waals surface area contributed by atoms with E-state index in [0.29, 0.717) is 43.0 Å². The number of piperazine rings is 1. The van der Waals surface area contributed by atoms with Crippen LogP contribution in [0.25, 0.3) is 32.9 Å². The number of ether oxygens (including phenoxy) is 3. The summed E-state index contributed by atoms with van der Waals surface area (Å²) in [5.74, 6) is 1.13. The van der Waals surface area contributed by atoms with E-state index in [1.54, 1.807) is 4.90 Å². The highest BCUT2D eigenvalue weighted by molar-refractivity contribution is 8.76. The molecular formula is C44H50F3N7O6S2. The minimum Gasteiger partial charge on any atom is -0.508 e. The summed E-state index contributed by atoms with van der Waals surface area (Å²) < 4.78 is 64.3. The minimum absolute atomic E-state index is 0.0100. The Kier molecular flexibility index (Phi) is 12.9. The third-order valence-electron chi connectivity index (χ3n) is 12.4. The zero-order valence-electron chi connectivity index (χ0n) is 34.8. The van der Waals surface area contributed by atoms with Crippen molar-refractivity contribution in [3.05, 3.63) is 47.7 Å². The Balaban J connectivity index is 1.03. The highest BCUT2D eigenvalue weighted by Gasteiger charge is 2.50. The monoisotopic (exact) mass is 893 g/mol. The number of phenolic OH excluding ortho intramolecular Hbond substituents is 1. The molecule has 0 spiro atoms. The van der Waals surface area contributed by atoms with Gasteiger partial charge in [0.15, 0.2) is 5.82 Å². The topological polar surface area (TPSA) is 156 Å². The van der Waals surface area contributed by atoms with Crippen LogP contribution in [-0.2, 0) is 14.3 Å². The fourth-order valence-corrected chi connectivity index (χ4v) is 11.2. The molecule has 2 aromatic heterocycles. The smallest absolute Gasteiger partial charge is 0.410 e. The molecule has 6 atom stereocenters. The fraction of sp³-hybridized carbons (Fsp3) is 0.523. The lowest BCUT2D eigenvalue weighted by Crippen LogP contribution is -2.56. The number of amides is 1. The third kappa shape index (κ3) is 8.65. The number of aromatic nitrogens is 3. The molecule has 330 valence electrons. The number of anilines is 1. The van der Waals surface area contributed by atoms with E-state index >= 15 is 8.78 Å². The first kappa shape index (κ1) is 43.9. The number of carbonyl (C=O) groups is 2. The largest absolute Gasteiger partial charge is 0.508 e. The van der Waals surface area contributed by atoms with Gasteiger partial charge in [0.25, 0.3) is 0 Å². The van der Waals surface area contributed by atoms with Crippen LogP contribution < -0.4 is 15.4 Å². The number of alkyl halides is 1. The molecule has 4 aromatic rings. The van der Waals surface area contributed by atoms with Gasteiger partial charge < -0.3 is 30.0 Å². The number of benzene rings is 2. The maximum absolute atomic E-state index is 17.2. The lowest BCUT2D eigenvalue weighted by molar-refractivity contribution is -0.145. The number of carbonyl (C=O) groups excluding carboxylic acids is 2. The number of esters is 1. The van der Waals surface area contributed by atoms with Crippen molar-refractivity contribution >= 4 is 61.1 Å². The van der Waals surface area contributed by atoms with Crippen molar-refractivity contribution < 1.29 is 42.1 Å². The SMILES string of the molecule is C#Cc1c(F)ccc2cc(O)cc(-c3ncc4c(N5CC6CCC(C5)N6C(=O)OCC(C)SSCCOC(=O)[C@@H](N)C(C)C)nc(OC[C@@]56CCCN5C[C@H](F)C6)nc4c3F)c12. The quantitative estimate of drug-likeness (QED) is 0.0587. The highest BCUT2D eigenvalue weighted by atomic mass is 33.1. The number of hydrogen-bond acceptors (Lipinski definition) is 14. The first-order chi connectivity index (χ1) is 29.8. The van der Waals surface area contributed by atoms with Gasteiger partial charge in [0.05, 0.1) is 28.6 Å². The molecule has 4 saturated heterocycles. The van der Waals surface area contributed by atoms with Crippen LogP contribution in [0.5, 0.6) is 11.8 Å². The molecule has 62 heavy (non-hydrogen) atoms. The van der Waals surface area contributed by atoms with Gasteiger partial charge in [0.2, 0.25) is 0 Å². The number of nitrogens with two attached hydrogens (primary N) is 1. The summed E-state index contributed by atoms with van der Waals surface area (Å²) in [6.45, 7) is 8.03. The van der Waals surface area contributed by atoms with Gasteiger partial charge in [-0.1, -0.05) is 47.4 Å². The number of aromatic hydroxyl groups is 1. The van der Waals surface area contributed by atoms with Crippen molar-refractivity contribution in [3.8, 4) is 35.4 Å². The summed E-state index contributed by atoms with van der Waals surface area (Å²) in [5.41, 5.74) is 4.99. The first-order valence-electron chi connectivity index (χ1n) is 21.0. The summed E-state index contributed by atoms with van der Waals surface area (Å²) in [5, 5.41) is 11.5. The molecule has 6 heterocycles. The van der Waals surface area contributed by atoms with Crippen molar-refractivity contribution in [3.63, 3.8) is 0 Å². The number of terminal acetylenes is 1. The van der Waals surface area contributed by atoms with E-state index in [9.17, 15) is 19.1 Å². The predicted molar refractivity (Wildman–Crippen MR) is 234 cm³/mol. The maximum atomic E-state index is 17.2. The first-order valence-corrected chi connectivity index (χ1v) is 23.4. The van der Waals surface area contributed by atoms with E-state index in [2.05, 4.69) is 20.8 Å². The fourth-order valence-electron chi connectivity index (χ4n) is 9.29. The molecule has 3 unspecified atom stereocenters. The minimum atomic E-state index is -0.981. The van der Waals surface area contributed by atoms with Crippen molar-refractivity contribution in [2.24, 2.45) is 11.7 Å². The lowest BCUT2D eigenvalue weighted by atomic mass is 9.95. The number of nitrogens with zero attached hydrogens (tertiary/aromatic N) is 6. The molecule has 8 rings (SSSR count). The molecule has 2 bridgehead atoms. The molecule has 13 nitrogen and oxygen atoms in total. The van der Waals surface area contributed by atoms with Crippen LogP contribution in [0.1, 0.15) is 58.4 Å². The Labute approximate surface area is 366 Å². The number of pyridine rings is 1. The van der Waals surface area contributed by atoms with Crippen LogP contribution >= 0.6 is 21.6 Å². The second kappa shape index (κ2) is 18.2. The van der Waals surface area contributed by atoms with Crippen molar-refractivity contribution in [1.82, 2.24) is 24.8 Å². The molecule has 4 aliphatic rings. The summed E-state index contributed by atoms with van der Waals surface area (Å²) in [6, 6.07) is 4.15. The number of halogens is 3. The molecular weight excluding hydrogens is 844 g/mol. The van der Waals surface area contributed by atoms with E-state index in [1.165, 1.54) is 52.1 Å². The average Bonchev–Trinajstić information content (AvgIpc) is 3.87. The molecule has 18 heteroatoms. The zero-order chi connectivity index (χ0) is 43.9. The van der Waals surface area contributed by atoms with Gasteiger partial charge in [0, 0.05) is 54.2 Å². The molecule has 0 saturated carbocycles. The van der Waals surface area contributed by atoms with Gasteiger partial charge in [-0.3, -0.25) is 19.6 Å². The van der Waals surface area contributed by atoms with Gasteiger partial charge in [-0.05, 0) is 68.7 Å². The van der Waals surface area contributed by atoms with E-state index in [-0.39, 0.29) is 87.9 Å². The van der Waals surface area contributed by atoms with Crippen LogP contribution in [0, 0.1) is 29.9 Å². The van der Waals surface area contributed by atoms with E-state index in [4.69, 9.17) is 31.4 Å². The molecule has 1 amide bonds. The molecule has 0 aliphatic carbocycles. The molecule has 2 aromatic carbocycles. The summed E-state index contributed by atoms with van der Waals surface area (Å²) in [4.78, 5) is 45.4. The molecule has 3 N–H and O–H groups in total. The molecule has 4 aliphatic heterocycles. The second-order valence-corrected chi connectivity index (χ2v) is 19.9. The summed E-state index contributed by atoms with van der Waals surface area (Å²) in [7, 11) is 3.06. The van der Waals surface area contributed by atoms with Gasteiger partial charge >= 0.3 is 18.1 Å². The second-order valence-electron chi connectivity index (χ2n) is 17.0. The number of phenols is 1. The van der Waals surface area contributed by atoms with E-state index in [0.717, 1.165) is 32.2 Å². The van der Waals surface area contributed by atoms with Gasteiger partial charge in [0.1, 0.15) is 60.6 Å². The number of rotatable bonds is 14. The Bertz CT molecular complexity index is 2400. The zero-order valence-corrected chi connectivity index (χ0v) is 36.5. The number of hydrogen-bond donors (Lipinski definition) is 2.